The van der Waals surface area contributed by atoms with Crippen molar-refractivity contribution in [3.05, 3.63) is 35.9 Å². The molecule has 2 aliphatic heterocycles. The number of thioether (sulfide) groups is 1. The van der Waals surface area contributed by atoms with E-state index in [-0.39, 0.29) is 11.8 Å². The summed E-state index contributed by atoms with van der Waals surface area (Å²) in [4.78, 5) is 32.4. The van der Waals surface area contributed by atoms with E-state index >= 15 is 0 Å². The molecule has 0 aromatic heterocycles. The molecule has 1 aromatic carbocycles. The largest absolute Gasteiger partial charge is 0.339 e. The second-order valence-electron chi connectivity index (χ2n) is 9.77. The third-order valence-corrected chi connectivity index (χ3v) is 8.81. The van der Waals surface area contributed by atoms with Crippen LogP contribution in [0, 0.1) is 17.8 Å². The van der Waals surface area contributed by atoms with E-state index in [0.717, 1.165) is 54.9 Å². The average molecular weight is 426 g/mol. The van der Waals surface area contributed by atoms with Gasteiger partial charge in [0.15, 0.2) is 5.17 Å². The Morgan fingerprint density at radius 1 is 1.17 bits per heavy atom. The van der Waals surface area contributed by atoms with E-state index in [1.807, 2.05) is 35.2 Å². The lowest BCUT2D eigenvalue weighted by Gasteiger charge is -2.34. The first-order valence-corrected chi connectivity index (χ1v) is 12.2. The molecule has 5 rings (SSSR count). The van der Waals surface area contributed by atoms with Crippen LogP contribution >= 0.6 is 11.8 Å². The second-order valence-corrected chi connectivity index (χ2v) is 11.3. The number of piperidine rings is 1. The van der Waals surface area contributed by atoms with E-state index in [4.69, 9.17) is 4.99 Å². The zero-order chi connectivity index (χ0) is 20.7. The van der Waals surface area contributed by atoms with Crippen molar-refractivity contribution in [3.8, 4) is 0 Å². The molecular weight excluding hydrogens is 394 g/mol. The van der Waals surface area contributed by atoms with E-state index < -0.39 is 4.75 Å². The van der Waals surface area contributed by atoms with Crippen LogP contribution in [0.25, 0.3) is 0 Å². The highest BCUT2D eigenvalue weighted by molar-refractivity contribution is 8.16. The van der Waals surface area contributed by atoms with Crippen LogP contribution in [-0.2, 0) is 4.79 Å². The molecule has 2 bridgehead atoms. The quantitative estimate of drug-likeness (QED) is 0.790. The van der Waals surface area contributed by atoms with Crippen molar-refractivity contribution in [2.24, 2.45) is 22.7 Å². The van der Waals surface area contributed by atoms with Gasteiger partial charge in [-0.05, 0) is 75.3 Å². The molecule has 2 aliphatic carbocycles. The fourth-order valence-electron chi connectivity index (χ4n) is 5.88. The van der Waals surface area contributed by atoms with Crippen molar-refractivity contribution in [2.75, 3.05) is 13.1 Å². The summed E-state index contributed by atoms with van der Waals surface area (Å²) in [6.07, 6.45) is 7.98. The number of nitrogens with zero attached hydrogens (tertiary/aromatic N) is 2. The summed E-state index contributed by atoms with van der Waals surface area (Å²) in [6.45, 7) is 3.61. The van der Waals surface area contributed by atoms with E-state index in [0.29, 0.717) is 12.0 Å². The molecule has 6 heteroatoms. The zero-order valence-corrected chi connectivity index (χ0v) is 18.5. The second kappa shape index (κ2) is 8.03. The van der Waals surface area contributed by atoms with Gasteiger partial charge in [0, 0.05) is 18.7 Å². The summed E-state index contributed by atoms with van der Waals surface area (Å²) >= 11 is 1.64. The molecule has 1 N–H and O–H groups in total. The van der Waals surface area contributed by atoms with Gasteiger partial charge in [-0.2, -0.15) is 0 Å². The minimum atomic E-state index is -0.438. The molecule has 2 saturated carbocycles. The first-order valence-electron chi connectivity index (χ1n) is 11.4. The number of likely N-dealkylation sites (tertiary alicyclic amines) is 1. The summed E-state index contributed by atoms with van der Waals surface area (Å²) in [5.41, 5.74) is 0.759. The third kappa shape index (κ3) is 3.91. The van der Waals surface area contributed by atoms with Gasteiger partial charge in [-0.1, -0.05) is 36.4 Å². The van der Waals surface area contributed by atoms with E-state index in [1.165, 1.54) is 25.7 Å². The normalized spacial score (nSPS) is 35.2. The first kappa shape index (κ1) is 20.1. The first-order chi connectivity index (χ1) is 14.5. The molecule has 0 radical (unpaired) electrons. The van der Waals surface area contributed by atoms with Gasteiger partial charge in [-0.3, -0.25) is 14.6 Å². The Morgan fingerprint density at radius 2 is 1.93 bits per heavy atom. The highest BCUT2D eigenvalue weighted by Crippen LogP contribution is 2.47. The van der Waals surface area contributed by atoms with Gasteiger partial charge >= 0.3 is 0 Å². The molecule has 1 unspecified atom stereocenters. The van der Waals surface area contributed by atoms with Gasteiger partial charge in [-0.15, -0.1) is 0 Å². The number of carbonyl (C=O) groups excluding carboxylic acids is 2. The summed E-state index contributed by atoms with van der Waals surface area (Å²) < 4.78 is -0.438. The van der Waals surface area contributed by atoms with E-state index in [2.05, 4.69) is 12.2 Å². The van der Waals surface area contributed by atoms with Crippen LogP contribution in [0.2, 0.25) is 0 Å². The van der Waals surface area contributed by atoms with Crippen molar-refractivity contribution in [2.45, 2.75) is 62.7 Å². The number of nitrogens with one attached hydrogen (secondary N) is 1. The number of hydrogen-bond donors (Lipinski definition) is 1. The molecule has 160 valence electrons. The molecule has 1 aromatic rings. The van der Waals surface area contributed by atoms with Gasteiger partial charge in [0.25, 0.3) is 5.91 Å². The monoisotopic (exact) mass is 425 g/mol. The lowest BCUT2D eigenvalue weighted by Crippen LogP contribution is -2.41. The van der Waals surface area contributed by atoms with Crippen molar-refractivity contribution >= 4 is 28.7 Å². The number of rotatable bonds is 4. The molecule has 2 amide bonds. The van der Waals surface area contributed by atoms with Crippen molar-refractivity contribution < 1.29 is 9.59 Å². The Labute approximate surface area is 183 Å². The van der Waals surface area contributed by atoms with Crippen molar-refractivity contribution in [1.82, 2.24) is 10.2 Å². The van der Waals surface area contributed by atoms with Gasteiger partial charge in [0.2, 0.25) is 5.91 Å². The number of aliphatic imine (C=N–C) groups is 1. The molecule has 2 saturated heterocycles. The predicted octanol–water partition coefficient (Wildman–Crippen LogP) is 4.10. The smallest absolute Gasteiger partial charge is 0.253 e. The van der Waals surface area contributed by atoms with Gasteiger partial charge < -0.3 is 10.2 Å². The van der Waals surface area contributed by atoms with Crippen LogP contribution in [0.1, 0.15) is 62.2 Å². The number of amidine groups is 1. The van der Waals surface area contributed by atoms with Gasteiger partial charge in [0.05, 0.1) is 10.8 Å². The summed E-state index contributed by atoms with van der Waals surface area (Å²) in [5.74, 6) is 2.29. The maximum Gasteiger partial charge on any atom is 0.253 e. The highest BCUT2D eigenvalue weighted by atomic mass is 32.2. The van der Waals surface area contributed by atoms with Gasteiger partial charge in [-0.25, -0.2) is 0 Å². The SMILES string of the molecule is CC1(CC2CCN(C(=O)c3ccccc3)CC2)SC(=N[C@H]2C[C@@H]3CC[C@H]2C3)NC1=O. The zero-order valence-electron chi connectivity index (χ0n) is 17.7. The van der Waals surface area contributed by atoms with Crippen molar-refractivity contribution in [1.29, 1.82) is 0 Å². The van der Waals surface area contributed by atoms with Crippen molar-refractivity contribution in [3.63, 3.8) is 0 Å². The molecule has 0 spiro atoms. The molecular formula is C24H31N3O2S. The minimum absolute atomic E-state index is 0.109. The predicted molar refractivity (Wildman–Crippen MR) is 120 cm³/mol. The average Bonchev–Trinajstić information content (AvgIpc) is 3.44. The molecule has 2 heterocycles. The molecule has 30 heavy (non-hydrogen) atoms. The summed E-state index contributed by atoms with van der Waals surface area (Å²) in [7, 11) is 0. The fraction of sp³-hybridized carbons (Fsp3) is 0.625. The number of benzene rings is 1. The van der Waals surface area contributed by atoms with Crippen LogP contribution in [0.3, 0.4) is 0 Å². The standard InChI is InChI=1S/C24H31N3O2S/c1-24(22(29)26-23(30-24)25-20-14-17-7-8-19(20)13-17)15-16-9-11-27(12-10-16)21(28)18-5-3-2-4-6-18/h2-6,16-17,19-20H,7-15H2,1H3,(H,25,26,29)/t17-,19+,20+,24?/m1/s1. The Balaban J connectivity index is 1.16. The Kier molecular flexibility index (Phi) is 5.38. The van der Waals surface area contributed by atoms with Crippen LogP contribution < -0.4 is 5.32 Å². The Bertz CT molecular complexity index is 849. The van der Waals surface area contributed by atoms with E-state index in [1.54, 1.807) is 11.8 Å². The number of fused-ring (bicyclic) bond motifs is 2. The Hall–Kier alpha value is -1.82. The number of amides is 2. The molecule has 4 fully saturated rings. The maximum absolute atomic E-state index is 12.8. The molecule has 4 aliphatic rings. The Morgan fingerprint density at radius 3 is 2.60 bits per heavy atom. The van der Waals surface area contributed by atoms with Crippen LogP contribution in [0.4, 0.5) is 0 Å². The topological polar surface area (TPSA) is 61.8 Å². The maximum atomic E-state index is 12.8. The van der Waals surface area contributed by atoms with Crippen LogP contribution in [0.5, 0.6) is 0 Å². The highest BCUT2D eigenvalue weighted by Gasteiger charge is 2.46. The van der Waals surface area contributed by atoms with Crippen LogP contribution in [0.15, 0.2) is 35.3 Å². The molecule has 4 atom stereocenters. The fourth-order valence-corrected chi connectivity index (χ4v) is 7.10. The van der Waals surface area contributed by atoms with Crippen LogP contribution in [-0.4, -0.2) is 45.8 Å². The number of hydrogen-bond acceptors (Lipinski definition) is 4. The number of carbonyl (C=O) groups is 2. The lowest BCUT2D eigenvalue weighted by atomic mass is 9.87. The third-order valence-electron chi connectivity index (χ3n) is 7.61. The summed E-state index contributed by atoms with van der Waals surface area (Å²) in [5, 5.41) is 3.92. The molecule has 5 nitrogen and oxygen atoms in total. The van der Waals surface area contributed by atoms with Gasteiger partial charge in [0.1, 0.15) is 0 Å². The van der Waals surface area contributed by atoms with E-state index in [9.17, 15) is 9.59 Å². The summed E-state index contributed by atoms with van der Waals surface area (Å²) in [6, 6.07) is 9.93. The minimum Gasteiger partial charge on any atom is -0.339 e. The lowest BCUT2D eigenvalue weighted by molar-refractivity contribution is -0.121.